The van der Waals surface area contributed by atoms with E-state index in [9.17, 15) is 4.39 Å². The zero-order chi connectivity index (χ0) is 15.5. The van der Waals surface area contributed by atoms with E-state index < -0.39 is 0 Å². The fraction of sp³-hybridized carbons (Fsp3) is 0.647. The maximum atomic E-state index is 13.2. The predicted molar refractivity (Wildman–Crippen MR) is 86.6 cm³/mol. The molecule has 0 bridgehead atoms. The Bertz CT molecular complexity index is 470. The highest BCUT2D eigenvalue weighted by atomic mass is 35.5. The molecular weight excluding hydrogens is 287 g/mol. The van der Waals surface area contributed by atoms with Gasteiger partial charge in [0.25, 0.3) is 0 Å². The zero-order valence-corrected chi connectivity index (χ0v) is 13.7. The average Bonchev–Trinajstić information content (AvgIpc) is 2.86. The summed E-state index contributed by atoms with van der Waals surface area (Å²) in [6.07, 6.45) is 6.87. The summed E-state index contributed by atoms with van der Waals surface area (Å²) in [5.41, 5.74) is 4.23. The number of hydrogen-bond acceptors (Lipinski definition) is 2. The fourth-order valence-corrected chi connectivity index (χ4v) is 4.19. The molecule has 1 aromatic rings. The van der Waals surface area contributed by atoms with E-state index in [2.05, 4.69) is 19.3 Å². The van der Waals surface area contributed by atoms with E-state index in [-0.39, 0.29) is 17.3 Å². The summed E-state index contributed by atoms with van der Waals surface area (Å²) >= 11 is 6.18. The van der Waals surface area contributed by atoms with Crippen LogP contribution in [0.15, 0.2) is 18.2 Å². The van der Waals surface area contributed by atoms with Gasteiger partial charge in [-0.2, -0.15) is 0 Å². The molecule has 1 aliphatic carbocycles. The first-order valence-corrected chi connectivity index (χ1v) is 8.25. The van der Waals surface area contributed by atoms with E-state index in [1.54, 1.807) is 6.07 Å². The van der Waals surface area contributed by atoms with Crippen LogP contribution < -0.4 is 11.3 Å². The molecule has 1 aromatic carbocycles. The fourth-order valence-electron chi connectivity index (χ4n) is 3.95. The van der Waals surface area contributed by atoms with E-state index in [0.29, 0.717) is 10.9 Å². The minimum absolute atomic E-state index is 0.186. The Hall–Kier alpha value is -0.640. The molecule has 21 heavy (non-hydrogen) atoms. The predicted octanol–water partition coefficient (Wildman–Crippen LogP) is 4.46. The third kappa shape index (κ3) is 3.97. The average molecular weight is 313 g/mol. The minimum atomic E-state index is -0.293. The second-order valence-electron chi connectivity index (χ2n) is 6.83. The molecule has 0 saturated heterocycles. The van der Waals surface area contributed by atoms with Gasteiger partial charge in [0.15, 0.2) is 0 Å². The molecule has 1 unspecified atom stereocenters. The summed E-state index contributed by atoms with van der Waals surface area (Å²) in [7, 11) is 0. The van der Waals surface area contributed by atoms with Crippen LogP contribution in [0.25, 0.3) is 0 Å². The van der Waals surface area contributed by atoms with Gasteiger partial charge in [-0.05, 0) is 54.7 Å². The molecule has 1 atom stereocenters. The minimum Gasteiger partial charge on any atom is -0.271 e. The molecule has 2 nitrogen and oxygen atoms in total. The Labute approximate surface area is 132 Å². The number of hydrogen-bond donors (Lipinski definition) is 2. The van der Waals surface area contributed by atoms with Crippen molar-refractivity contribution in [3.8, 4) is 0 Å². The number of hydrazine groups is 1. The Morgan fingerprint density at radius 1 is 1.33 bits per heavy atom. The van der Waals surface area contributed by atoms with Gasteiger partial charge in [0.05, 0.1) is 0 Å². The van der Waals surface area contributed by atoms with Crippen LogP contribution in [0, 0.1) is 17.2 Å². The van der Waals surface area contributed by atoms with Crippen LogP contribution in [0.5, 0.6) is 0 Å². The number of nitrogens with one attached hydrogen (secondary N) is 1. The second kappa shape index (κ2) is 7.08. The molecule has 0 aromatic heterocycles. The summed E-state index contributed by atoms with van der Waals surface area (Å²) in [6, 6.07) is 4.82. The Morgan fingerprint density at radius 3 is 2.52 bits per heavy atom. The molecule has 3 N–H and O–H groups in total. The van der Waals surface area contributed by atoms with E-state index in [1.807, 2.05) is 0 Å². The molecule has 0 aliphatic heterocycles. The number of nitrogens with two attached hydrogens (primary N) is 1. The van der Waals surface area contributed by atoms with Crippen LogP contribution >= 0.6 is 11.6 Å². The highest BCUT2D eigenvalue weighted by molar-refractivity contribution is 6.31. The number of halogens is 2. The number of benzene rings is 1. The van der Waals surface area contributed by atoms with E-state index in [0.717, 1.165) is 12.0 Å². The van der Waals surface area contributed by atoms with Gasteiger partial charge in [0.1, 0.15) is 5.82 Å². The molecule has 1 aliphatic rings. The topological polar surface area (TPSA) is 38.0 Å². The summed E-state index contributed by atoms with van der Waals surface area (Å²) in [4.78, 5) is 0. The van der Waals surface area contributed by atoms with Gasteiger partial charge in [-0.3, -0.25) is 11.3 Å². The van der Waals surface area contributed by atoms with E-state index >= 15 is 0 Å². The van der Waals surface area contributed by atoms with E-state index in [4.69, 9.17) is 17.4 Å². The molecule has 118 valence electrons. The van der Waals surface area contributed by atoms with Crippen molar-refractivity contribution in [2.75, 3.05) is 0 Å². The first-order chi connectivity index (χ1) is 9.97. The smallest absolute Gasteiger partial charge is 0.124 e. The summed E-state index contributed by atoms with van der Waals surface area (Å²) in [5, 5.41) is 0.493. The molecular formula is C17H26ClFN2. The third-order valence-corrected chi connectivity index (χ3v) is 5.15. The molecule has 1 fully saturated rings. The van der Waals surface area contributed by atoms with Gasteiger partial charge >= 0.3 is 0 Å². The highest BCUT2D eigenvalue weighted by Gasteiger charge is 2.41. The van der Waals surface area contributed by atoms with Crippen LogP contribution in [0.4, 0.5) is 4.39 Å². The SMILES string of the molecule is CC(C)CC1(C(Cc2ccc(F)cc2Cl)NN)CCCC1. The van der Waals surface area contributed by atoms with Gasteiger partial charge in [-0.25, -0.2) is 4.39 Å². The van der Waals surface area contributed by atoms with E-state index in [1.165, 1.54) is 44.2 Å². The maximum absolute atomic E-state index is 13.2. The van der Waals surface area contributed by atoms with Gasteiger partial charge in [-0.15, -0.1) is 0 Å². The monoisotopic (exact) mass is 312 g/mol. The summed E-state index contributed by atoms with van der Waals surface area (Å²) in [5.74, 6) is 6.22. The van der Waals surface area contributed by atoms with Crippen LogP contribution in [0.2, 0.25) is 5.02 Å². The van der Waals surface area contributed by atoms with Crippen LogP contribution in [-0.2, 0) is 6.42 Å². The maximum Gasteiger partial charge on any atom is 0.124 e. The first-order valence-electron chi connectivity index (χ1n) is 7.87. The molecule has 1 saturated carbocycles. The summed E-state index contributed by atoms with van der Waals surface area (Å²) < 4.78 is 13.2. The molecule has 0 spiro atoms. The van der Waals surface area contributed by atoms with Crippen molar-refractivity contribution in [2.24, 2.45) is 17.2 Å². The van der Waals surface area contributed by atoms with Gasteiger partial charge in [0, 0.05) is 11.1 Å². The van der Waals surface area contributed by atoms with Crippen molar-refractivity contribution < 1.29 is 4.39 Å². The number of rotatable bonds is 6. The van der Waals surface area contributed by atoms with Crippen molar-refractivity contribution in [1.29, 1.82) is 0 Å². The van der Waals surface area contributed by atoms with Crippen molar-refractivity contribution in [1.82, 2.24) is 5.43 Å². The van der Waals surface area contributed by atoms with Crippen molar-refractivity contribution in [3.63, 3.8) is 0 Å². The lowest BCUT2D eigenvalue weighted by molar-refractivity contribution is 0.154. The Balaban J connectivity index is 2.20. The summed E-state index contributed by atoms with van der Waals surface area (Å²) in [6.45, 7) is 4.52. The van der Waals surface area contributed by atoms with Gasteiger partial charge in [0.2, 0.25) is 0 Å². The van der Waals surface area contributed by atoms with Crippen LogP contribution in [0.3, 0.4) is 0 Å². The molecule has 2 rings (SSSR count). The quantitative estimate of drug-likeness (QED) is 0.601. The zero-order valence-electron chi connectivity index (χ0n) is 13.0. The van der Waals surface area contributed by atoms with Crippen molar-refractivity contribution >= 4 is 11.6 Å². The Morgan fingerprint density at radius 2 is 2.00 bits per heavy atom. The largest absolute Gasteiger partial charge is 0.271 e. The lowest BCUT2D eigenvalue weighted by atomic mass is 9.71. The van der Waals surface area contributed by atoms with Gasteiger partial charge in [-0.1, -0.05) is 44.4 Å². The highest BCUT2D eigenvalue weighted by Crippen LogP contribution is 2.46. The van der Waals surface area contributed by atoms with Crippen LogP contribution in [0.1, 0.15) is 51.5 Å². The second-order valence-corrected chi connectivity index (χ2v) is 7.23. The molecule has 0 heterocycles. The van der Waals surface area contributed by atoms with Crippen LogP contribution in [-0.4, -0.2) is 6.04 Å². The Kier molecular flexibility index (Phi) is 5.64. The molecule has 0 radical (unpaired) electrons. The first kappa shape index (κ1) is 16.7. The lowest BCUT2D eigenvalue weighted by Gasteiger charge is -2.39. The van der Waals surface area contributed by atoms with Crippen molar-refractivity contribution in [3.05, 3.63) is 34.6 Å². The molecule has 4 heteroatoms. The normalized spacial score (nSPS) is 19.1. The lowest BCUT2D eigenvalue weighted by Crippen LogP contribution is -2.49. The van der Waals surface area contributed by atoms with Gasteiger partial charge < -0.3 is 0 Å². The standard InChI is InChI=1S/C17H26ClFN2/c1-12(2)11-17(7-3-4-8-17)16(21-20)9-13-5-6-14(19)10-15(13)18/h5-6,10,12,16,21H,3-4,7-9,11,20H2,1-2H3. The molecule has 0 amide bonds. The third-order valence-electron chi connectivity index (χ3n) is 4.79. The van der Waals surface area contributed by atoms with Crippen molar-refractivity contribution in [2.45, 2.75) is 58.4 Å².